The predicted octanol–water partition coefficient (Wildman–Crippen LogP) is 4.75. The van der Waals surface area contributed by atoms with Gasteiger partial charge in [0.05, 0.1) is 0 Å². The minimum absolute atomic E-state index is 0.100. The maximum absolute atomic E-state index is 13.0. The third-order valence-corrected chi connectivity index (χ3v) is 5.65. The lowest BCUT2D eigenvalue weighted by Gasteiger charge is -2.04. The van der Waals surface area contributed by atoms with E-state index in [1.54, 1.807) is 0 Å². The van der Waals surface area contributed by atoms with E-state index in [0.29, 0.717) is 5.78 Å². The summed E-state index contributed by atoms with van der Waals surface area (Å²) in [6.45, 7) is 0. The minimum atomic E-state index is -0.100. The maximum atomic E-state index is 13.0. The van der Waals surface area contributed by atoms with Crippen LogP contribution >= 0.6 is 0 Å². The number of carbonyl (C=O) groups excluding carboxylic acids is 1. The summed E-state index contributed by atoms with van der Waals surface area (Å²) < 4.78 is 0. The minimum Gasteiger partial charge on any atom is -0.294 e. The molecule has 0 heterocycles. The Morgan fingerprint density at radius 3 is 2.23 bits per heavy atom. The first-order valence-electron chi connectivity index (χ1n) is 7.84. The molecule has 0 spiro atoms. The van der Waals surface area contributed by atoms with Crippen molar-refractivity contribution in [1.82, 2.24) is 0 Å². The van der Waals surface area contributed by atoms with Crippen molar-refractivity contribution in [2.24, 2.45) is 5.41 Å². The van der Waals surface area contributed by atoms with Crippen LogP contribution in [0.5, 0.6) is 0 Å². The highest BCUT2D eigenvalue weighted by Crippen LogP contribution is 2.86. The number of ketones is 1. The normalized spacial score (nSPS) is 28.2. The van der Waals surface area contributed by atoms with E-state index in [1.807, 2.05) is 24.3 Å². The first kappa shape index (κ1) is 12.2. The highest BCUT2D eigenvalue weighted by molar-refractivity contribution is 6.09. The van der Waals surface area contributed by atoms with Crippen molar-refractivity contribution in [2.45, 2.75) is 18.3 Å². The van der Waals surface area contributed by atoms with Gasteiger partial charge in [0, 0.05) is 16.4 Å². The van der Waals surface area contributed by atoms with E-state index in [9.17, 15) is 4.79 Å². The lowest BCUT2D eigenvalue weighted by molar-refractivity contribution is 0.0936. The Balaban J connectivity index is 1.51. The van der Waals surface area contributed by atoms with Crippen molar-refractivity contribution in [2.75, 3.05) is 0 Å². The van der Waals surface area contributed by atoms with Crippen LogP contribution in [0.15, 0.2) is 72.8 Å². The molecule has 2 aliphatic carbocycles. The number of fused-ring (bicyclic) bond motifs is 2. The first-order chi connectivity index (χ1) is 10.8. The predicted molar refractivity (Wildman–Crippen MR) is 88.1 cm³/mol. The summed E-state index contributed by atoms with van der Waals surface area (Å²) >= 11 is 0. The Labute approximate surface area is 129 Å². The zero-order valence-corrected chi connectivity index (χ0v) is 12.3. The molecule has 5 rings (SSSR count). The molecule has 2 fully saturated rings. The maximum Gasteiger partial charge on any atom is 0.169 e. The molecule has 3 aromatic rings. The molecule has 0 bridgehead atoms. The second-order valence-corrected chi connectivity index (χ2v) is 6.77. The van der Waals surface area contributed by atoms with E-state index in [2.05, 4.69) is 48.5 Å². The monoisotopic (exact) mass is 284 g/mol. The zero-order chi connectivity index (χ0) is 14.8. The molecule has 106 valence electrons. The second-order valence-electron chi connectivity index (χ2n) is 6.77. The van der Waals surface area contributed by atoms with Gasteiger partial charge >= 0.3 is 0 Å². The first-order valence-corrected chi connectivity index (χ1v) is 7.84. The zero-order valence-electron chi connectivity index (χ0n) is 12.3. The third-order valence-electron chi connectivity index (χ3n) is 5.65. The van der Waals surface area contributed by atoms with E-state index in [0.717, 1.165) is 23.8 Å². The number of hydrogen-bond acceptors (Lipinski definition) is 1. The van der Waals surface area contributed by atoms with E-state index in [-0.39, 0.29) is 10.8 Å². The lowest BCUT2D eigenvalue weighted by Crippen LogP contribution is -2.07. The number of benzene rings is 3. The van der Waals surface area contributed by atoms with Gasteiger partial charge in [-0.2, -0.15) is 0 Å². The summed E-state index contributed by atoms with van der Waals surface area (Å²) in [5.74, 6) is 0.335. The molecular weight excluding hydrogens is 268 g/mol. The summed E-state index contributed by atoms with van der Waals surface area (Å²) in [6.07, 6.45) is 2.05. The van der Waals surface area contributed by atoms with Crippen molar-refractivity contribution < 1.29 is 4.79 Å². The Morgan fingerprint density at radius 1 is 0.773 bits per heavy atom. The van der Waals surface area contributed by atoms with Crippen molar-refractivity contribution in [1.29, 1.82) is 0 Å². The van der Waals surface area contributed by atoms with E-state index >= 15 is 0 Å². The van der Waals surface area contributed by atoms with Crippen LogP contribution in [0.1, 0.15) is 28.8 Å². The van der Waals surface area contributed by atoms with Crippen LogP contribution in [0.4, 0.5) is 0 Å². The molecular formula is C21H16O. The molecule has 0 radical (unpaired) electrons. The van der Waals surface area contributed by atoms with Gasteiger partial charge < -0.3 is 0 Å². The molecule has 1 nitrogen and oxygen atoms in total. The fourth-order valence-corrected chi connectivity index (χ4v) is 4.11. The summed E-state index contributed by atoms with van der Waals surface area (Å²) in [7, 11) is 0. The van der Waals surface area contributed by atoms with Crippen LogP contribution in [0.3, 0.4) is 0 Å². The van der Waals surface area contributed by atoms with E-state index in [4.69, 9.17) is 0 Å². The van der Waals surface area contributed by atoms with Crippen LogP contribution in [0.25, 0.3) is 10.8 Å². The van der Waals surface area contributed by atoms with Crippen LogP contribution in [0, 0.1) is 5.41 Å². The Bertz CT molecular complexity index is 901. The highest BCUT2D eigenvalue weighted by atomic mass is 16.1. The molecule has 0 atom stereocenters. The van der Waals surface area contributed by atoms with Crippen molar-refractivity contribution in [3.63, 3.8) is 0 Å². The number of Topliss-reactive ketones (excluding diaryl/α,β-unsaturated/α-hetero) is 1. The lowest BCUT2D eigenvalue weighted by atomic mass is 9.98. The van der Waals surface area contributed by atoms with Gasteiger partial charge in [0.25, 0.3) is 0 Å². The summed E-state index contributed by atoms with van der Waals surface area (Å²) in [6, 6.07) is 24.9. The van der Waals surface area contributed by atoms with Crippen molar-refractivity contribution in [3.05, 3.63) is 83.9 Å². The summed E-state index contributed by atoms with van der Waals surface area (Å²) in [5, 5.41) is 2.34. The van der Waals surface area contributed by atoms with E-state index in [1.165, 1.54) is 10.9 Å². The third kappa shape index (κ3) is 1.41. The quantitative estimate of drug-likeness (QED) is 0.634. The highest BCUT2D eigenvalue weighted by Gasteiger charge is 2.86. The molecule has 1 heteroatoms. The molecule has 0 N–H and O–H groups in total. The van der Waals surface area contributed by atoms with Gasteiger partial charge in [0.2, 0.25) is 0 Å². The van der Waals surface area contributed by atoms with Gasteiger partial charge in [0.1, 0.15) is 0 Å². The molecule has 0 amide bonds. The number of carbonyl (C=O) groups is 1. The van der Waals surface area contributed by atoms with Gasteiger partial charge in [0.15, 0.2) is 5.78 Å². The smallest absolute Gasteiger partial charge is 0.169 e. The van der Waals surface area contributed by atoms with Crippen LogP contribution in [0.2, 0.25) is 0 Å². The molecule has 0 saturated heterocycles. The Morgan fingerprint density at radius 2 is 1.45 bits per heavy atom. The molecule has 0 aromatic heterocycles. The summed E-state index contributed by atoms with van der Waals surface area (Å²) in [4.78, 5) is 13.0. The van der Waals surface area contributed by atoms with Crippen LogP contribution in [-0.2, 0) is 5.41 Å². The van der Waals surface area contributed by atoms with Crippen LogP contribution in [-0.4, -0.2) is 5.78 Å². The van der Waals surface area contributed by atoms with Gasteiger partial charge in [-0.05, 0) is 35.2 Å². The standard InChI is InChI=1S/C21H16O/c22-19(17-11-10-15-6-4-5-7-16(15)12-17)21-13-20(21,14-21)18-8-2-1-3-9-18/h1-12H,13-14H2. The molecule has 2 aliphatic rings. The SMILES string of the molecule is O=C(c1ccc2ccccc2c1)C12CC1(c1ccccc1)C2. The van der Waals surface area contributed by atoms with Crippen LogP contribution < -0.4 is 0 Å². The molecule has 3 aromatic carbocycles. The molecule has 0 aliphatic heterocycles. The van der Waals surface area contributed by atoms with Gasteiger partial charge in [-0.25, -0.2) is 0 Å². The topological polar surface area (TPSA) is 17.1 Å². The number of hydrogen-bond donors (Lipinski definition) is 0. The second kappa shape index (κ2) is 3.86. The average Bonchev–Trinajstić information content (AvgIpc) is 3.42. The molecule has 2 saturated carbocycles. The van der Waals surface area contributed by atoms with Gasteiger partial charge in [-0.1, -0.05) is 66.7 Å². The van der Waals surface area contributed by atoms with Gasteiger partial charge in [-0.3, -0.25) is 4.79 Å². The van der Waals surface area contributed by atoms with Crippen molar-refractivity contribution >= 4 is 16.6 Å². The fourth-order valence-electron chi connectivity index (χ4n) is 4.11. The summed E-state index contributed by atoms with van der Waals surface area (Å²) in [5.41, 5.74) is 2.26. The largest absolute Gasteiger partial charge is 0.294 e. The Kier molecular flexibility index (Phi) is 2.14. The molecule has 0 unspecified atom stereocenters. The fraction of sp³-hybridized carbons (Fsp3) is 0.190. The Hall–Kier alpha value is -2.41. The number of rotatable bonds is 3. The molecule has 22 heavy (non-hydrogen) atoms. The van der Waals surface area contributed by atoms with Gasteiger partial charge in [-0.15, -0.1) is 0 Å². The van der Waals surface area contributed by atoms with Crippen molar-refractivity contribution in [3.8, 4) is 0 Å². The average molecular weight is 284 g/mol. The van der Waals surface area contributed by atoms with E-state index < -0.39 is 0 Å².